The van der Waals surface area contributed by atoms with Gasteiger partial charge in [-0.1, -0.05) is 35.3 Å². The maximum atomic E-state index is 12.8. The highest BCUT2D eigenvalue weighted by molar-refractivity contribution is 6.31. The lowest BCUT2D eigenvalue weighted by molar-refractivity contribution is 0.0634. The molecule has 6 heterocycles. The fraction of sp³-hybridized carbons (Fsp3) is 0.245. The zero-order valence-corrected chi connectivity index (χ0v) is 39.6. The average molecular weight is 942 g/mol. The SMILES string of the molecule is Cc1cc(N)nc(C)c1CNC(=O)c1ccn(Cc2ccc3ncc(Cl)cc3c2)n1.Cc1cc(NC(=O)OC(C)(C)C)nc(C)c1CNC(=O)c1ccn(Cc2ccc3ncc(Cl)cc3c2)n1. The van der Waals surface area contributed by atoms with Crippen molar-refractivity contribution in [3.63, 3.8) is 0 Å². The molecule has 0 bridgehead atoms. The van der Waals surface area contributed by atoms with E-state index in [9.17, 15) is 14.4 Å². The summed E-state index contributed by atoms with van der Waals surface area (Å²) in [4.78, 5) is 54.6. The van der Waals surface area contributed by atoms with Crippen LogP contribution in [0, 0.1) is 27.7 Å². The number of halogens is 2. The van der Waals surface area contributed by atoms with Crippen LogP contribution in [0.25, 0.3) is 21.8 Å². The van der Waals surface area contributed by atoms with Gasteiger partial charge in [0.15, 0.2) is 0 Å². The molecule has 0 aliphatic carbocycles. The van der Waals surface area contributed by atoms with E-state index in [4.69, 9.17) is 33.7 Å². The van der Waals surface area contributed by atoms with Crippen molar-refractivity contribution in [1.29, 1.82) is 0 Å². The van der Waals surface area contributed by atoms with E-state index in [0.29, 0.717) is 58.4 Å². The fourth-order valence-electron chi connectivity index (χ4n) is 7.29. The van der Waals surface area contributed by atoms with Gasteiger partial charge in [-0.2, -0.15) is 10.2 Å². The van der Waals surface area contributed by atoms with Crippen LogP contribution in [0.3, 0.4) is 0 Å². The molecule has 0 saturated carbocycles. The minimum absolute atomic E-state index is 0.237. The second-order valence-electron chi connectivity index (χ2n) is 17.0. The standard InChI is InChI=1S/C27H29ClN6O3.C22H21ClN6O/c1-16-10-24(32-26(36)37-27(3,4)5)31-17(2)21(16)14-30-25(35)23-8-9-34(33-23)15-18-6-7-22-19(11-18)12-20(28)13-29-22;1-13-7-21(24)27-14(2)18(13)11-26-22(30)20-5-6-29(28-20)12-15-3-4-19-16(8-15)9-17(23)10-25-19/h6-13H,14-15H2,1-5H3,(H,30,35)(H,31,32,36);3-10H,11-12H2,1-2H3,(H2,24,27)(H,26,30). The molecular formula is C49H50Cl2N12O4. The van der Waals surface area contributed by atoms with Crippen LogP contribution in [0.15, 0.2) is 97.6 Å². The summed E-state index contributed by atoms with van der Waals surface area (Å²) in [5.41, 5.74) is 14.8. The molecule has 5 N–H and O–H groups in total. The summed E-state index contributed by atoms with van der Waals surface area (Å²) < 4.78 is 8.72. The molecule has 0 aliphatic heterocycles. The summed E-state index contributed by atoms with van der Waals surface area (Å²) in [7, 11) is 0. The Morgan fingerprint density at radius 2 is 1.13 bits per heavy atom. The van der Waals surface area contributed by atoms with Gasteiger partial charge in [0.1, 0.15) is 28.6 Å². The quantitative estimate of drug-likeness (QED) is 0.0961. The minimum Gasteiger partial charge on any atom is -0.444 e. The molecule has 8 rings (SSSR count). The topological polar surface area (TPSA) is 210 Å². The van der Waals surface area contributed by atoms with Crippen molar-refractivity contribution >= 4 is 74.6 Å². The van der Waals surface area contributed by atoms with Gasteiger partial charge in [-0.05, 0) is 143 Å². The van der Waals surface area contributed by atoms with E-state index in [0.717, 1.165) is 60.9 Å². The Balaban J connectivity index is 0.000000203. The van der Waals surface area contributed by atoms with Gasteiger partial charge in [0.05, 0.1) is 34.2 Å². The number of carbonyl (C=O) groups excluding carboxylic acids is 3. The summed E-state index contributed by atoms with van der Waals surface area (Å²) in [6.07, 6.45) is 6.24. The lowest BCUT2D eigenvalue weighted by Gasteiger charge is -2.20. The molecule has 0 spiro atoms. The molecule has 344 valence electrons. The highest BCUT2D eigenvalue weighted by Crippen LogP contribution is 2.22. The van der Waals surface area contributed by atoms with Gasteiger partial charge in [0.2, 0.25) is 0 Å². The van der Waals surface area contributed by atoms with Crippen molar-refractivity contribution in [1.82, 2.24) is 50.1 Å². The van der Waals surface area contributed by atoms with Gasteiger partial charge < -0.3 is 21.1 Å². The van der Waals surface area contributed by atoms with Crippen molar-refractivity contribution in [2.45, 2.75) is 80.2 Å². The van der Waals surface area contributed by atoms with Crippen LogP contribution in [0.5, 0.6) is 0 Å². The fourth-order valence-corrected chi connectivity index (χ4v) is 7.62. The number of hydrogen-bond acceptors (Lipinski definition) is 11. The van der Waals surface area contributed by atoms with Gasteiger partial charge in [-0.25, -0.2) is 14.8 Å². The third kappa shape index (κ3) is 12.7. The molecule has 0 aliphatic rings. The first-order chi connectivity index (χ1) is 31.8. The predicted octanol–water partition coefficient (Wildman–Crippen LogP) is 9.08. The van der Waals surface area contributed by atoms with Crippen molar-refractivity contribution < 1.29 is 19.1 Å². The average Bonchev–Trinajstić information content (AvgIpc) is 3.92. The Bertz CT molecular complexity index is 3100. The van der Waals surface area contributed by atoms with Gasteiger partial charge in [0, 0.05) is 60.0 Å². The number of nitrogens with zero attached hydrogens (tertiary/aromatic N) is 8. The molecule has 2 aromatic carbocycles. The first-order valence-electron chi connectivity index (χ1n) is 21.3. The van der Waals surface area contributed by atoms with E-state index < -0.39 is 11.7 Å². The van der Waals surface area contributed by atoms with Gasteiger partial charge >= 0.3 is 6.09 Å². The van der Waals surface area contributed by atoms with Crippen molar-refractivity contribution in [2.75, 3.05) is 11.1 Å². The molecule has 18 heteroatoms. The van der Waals surface area contributed by atoms with Crippen LogP contribution in [-0.4, -0.2) is 63.0 Å². The van der Waals surface area contributed by atoms with E-state index in [1.807, 2.05) is 76.2 Å². The normalized spacial score (nSPS) is 11.2. The van der Waals surface area contributed by atoms with Gasteiger partial charge in [0.25, 0.3) is 11.8 Å². The Labute approximate surface area is 397 Å². The number of carbonyl (C=O) groups is 3. The largest absolute Gasteiger partial charge is 0.444 e. The summed E-state index contributed by atoms with van der Waals surface area (Å²) in [5, 5.41) is 20.4. The molecule has 67 heavy (non-hydrogen) atoms. The third-order valence-corrected chi connectivity index (χ3v) is 10.9. The molecular weight excluding hydrogens is 892 g/mol. The minimum atomic E-state index is -0.605. The molecule has 0 radical (unpaired) electrons. The Kier molecular flexibility index (Phi) is 14.5. The first kappa shape index (κ1) is 47.5. The molecule has 0 unspecified atom stereocenters. The number of aromatic nitrogens is 8. The lowest BCUT2D eigenvalue weighted by Crippen LogP contribution is -2.28. The zero-order valence-electron chi connectivity index (χ0n) is 38.1. The first-order valence-corrected chi connectivity index (χ1v) is 22.0. The molecule has 16 nitrogen and oxygen atoms in total. The number of anilines is 2. The van der Waals surface area contributed by atoms with Crippen LogP contribution in [0.2, 0.25) is 10.0 Å². The molecule has 0 fully saturated rings. The van der Waals surface area contributed by atoms with Crippen LogP contribution in [0.1, 0.15) is 86.5 Å². The molecule has 3 amide bonds. The Morgan fingerprint density at radius 3 is 1.60 bits per heavy atom. The highest BCUT2D eigenvalue weighted by Gasteiger charge is 2.19. The van der Waals surface area contributed by atoms with Crippen LogP contribution >= 0.6 is 23.2 Å². The summed E-state index contributed by atoms with van der Waals surface area (Å²) in [6.45, 7) is 14.6. The third-order valence-electron chi connectivity index (χ3n) is 10.5. The number of nitrogens with two attached hydrogens (primary N) is 1. The second kappa shape index (κ2) is 20.4. The summed E-state index contributed by atoms with van der Waals surface area (Å²) >= 11 is 12.1. The van der Waals surface area contributed by atoms with Crippen LogP contribution in [-0.2, 0) is 30.9 Å². The monoisotopic (exact) mass is 940 g/mol. The van der Waals surface area contributed by atoms with E-state index in [1.165, 1.54) is 0 Å². The summed E-state index contributed by atoms with van der Waals surface area (Å²) in [6, 6.07) is 22.6. The number of benzene rings is 2. The van der Waals surface area contributed by atoms with E-state index in [2.05, 4.69) is 46.1 Å². The smallest absolute Gasteiger partial charge is 0.413 e. The van der Waals surface area contributed by atoms with Crippen molar-refractivity contribution in [3.8, 4) is 0 Å². The zero-order chi connectivity index (χ0) is 48.0. The number of rotatable bonds is 11. The molecule has 0 saturated heterocycles. The van der Waals surface area contributed by atoms with Gasteiger partial charge in [-0.3, -0.25) is 34.2 Å². The molecule has 8 aromatic rings. The summed E-state index contributed by atoms with van der Waals surface area (Å²) in [5.74, 6) is 0.345. The van der Waals surface area contributed by atoms with Gasteiger partial charge in [-0.15, -0.1) is 0 Å². The lowest BCUT2D eigenvalue weighted by atomic mass is 10.1. The molecule has 0 atom stereocenters. The van der Waals surface area contributed by atoms with E-state index in [1.54, 1.807) is 79.2 Å². The van der Waals surface area contributed by atoms with Crippen molar-refractivity contribution in [3.05, 3.63) is 164 Å². The number of nitrogen functional groups attached to an aromatic ring is 1. The second-order valence-corrected chi connectivity index (χ2v) is 17.8. The number of hydrogen-bond donors (Lipinski definition) is 4. The number of amides is 3. The number of nitrogens with one attached hydrogen (secondary N) is 3. The maximum absolute atomic E-state index is 12.8. The Morgan fingerprint density at radius 1 is 0.657 bits per heavy atom. The van der Waals surface area contributed by atoms with Crippen LogP contribution < -0.4 is 21.7 Å². The number of ether oxygens (including phenoxy) is 1. The predicted molar refractivity (Wildman–Crippen MR) is 260 cm³/mol. The molecule has 6 aromatic heterocycles. The van der Waals surface area contributed by atoms with Crippen LogP contribution in [0.4, 0.5) is 16.4 Å². The maximum Gasteiger partial charge on any atom is 0.413 e. The number of pyridine rings is 4. The number of fused-ring (bicyclic) bond motifs is 2. The van der Waals surface area contributed by atoms with Crippen molar-refractivity contribution in [2.24, 2.45) is 0 Å². The number of aryl methyl sites for hydroxylation is 4. The van der Waals surface area contributed by atoms with E-state index in [-0.39, 0.29) is 18.4 Å². The Hall–Kier alpha value is -7.43. The van der Waals surface area contributed by atoms with E-state index >= 15 is 0 Å². The highest BCUT2D eigenvalue weighted by atomic mass is 35.5.